The normalized spacial score (nSPS) is 21.5. The molecule has 1 heterocycles. The van der Waals surface area contributed by atoms with Crippen LogP contribution >= 0.6 is 27.5 Å². The molecule has 5 nitrogen and oxygen atoms in total. The van der Waals surface area contributed by atoms with Crippen molar-refractivity contribution < 1.29 is 13.2 Å². The molecule has 1 fully saturated rings. The molecule has 2 N–H and O–H groups in total. The molecule has 1 aromatic rings. The lowest BCUT2D eigenvalue weighted by atomic mass is 10.3. The van der Waals surface area contributed by atoms with E-state index in [4.69, 9.17) is 22.1 Å². The molecule has 2 rings (SSSR count). The Kier molecular flexibility index (Phi) is 4.86. The van der Waals surface area contributed by atoms with E-state index in [1.807, 2.05) is 0 Å². The zero-order valence-corrected chi connectivity index (χ0v) is 13.2. The van der Waals surface area contributed by atoms with Crippen molar-refractivity contribution in [3.05, 3.63) is 27.7 Å². The van der Waals surface area contributed by atoms with Crippen LogP contribution in [-0.2, 0) is 14.8 Å². The van der Waals surface area contributed by atoms with Gasteiger partial charge in [0.1, 0.15) is 4.90 Å². The first kappa shape index (κ1) is 15.2. The molecule has 0 amide bonds. The first-order valence-electron chi connectivity index (χ1n) is 5.72. The van der Waals surface area contributed by atoms with Gasteiger partial charge in [0.25, 0.3) is 0 Å². The van der Waals surface area contributed by atoms with E-state index in [9.17, 15) is 8.42 Å². The van der Waals surface area contributed by atoms with Gasteiger partial charge in [0.05, 0.1) is 17.7 Å². The van der Waals surface area contributed by atoms with Crippen LogP contribution in [0.5, 0.6) is 0 Å². The zero-order chi connectivity index (χ0) is 14.0. The van der Waals surface area contributed by atoms with E-state index in [-0.39, 0.29) is 29.1 Å². The van der Waals surface area contributed by atoms with Gasteiger partial charge in [0.15, 0.2) is 0 Å². The third-order valence-electron chi connectivity index (χ3n) is 2.88. The Morgan fingerprint density at radius 3 is 2.89 bits per heavy atom. The van der Waals surface area contributed by atoms with Crippen molar-refractivity contribution in [2.75, 3.05) is 26.2 Å². The molecular weight excluding hydrogens is 356 g/mol. The minimum Gasteiger partial charge on any atom is -0.374 e. The van der Waals surface area contributed by atoms with Gasteiger partial charge in [0, 0.05) is 24.1 Å². The van der Waals surface area contributed by atoms with Crippen molar-refractivity contribution in [1.82, 2.24) is 4.31 Å². The standard InChI is InChI=1S/C11H14BrClN2O3S/c12-9-2-1-3-10(13)11(9)19(16,17)15-4-5-18-8(6-14)7-15/h1-3,8H,4-7,14H2. The summed E-state index contributed by atoms with van der Waals surface area (Å²) < 4.78 is 32.4. The Morgan fingerprint density at radius 2 is 2.26 bits per heavy atom. The first-order valence-corrected chi connectivity index (χ1v) is 8.33. The van der Waals surface area contributed by atoms with Crippen molar-refractivity contribution in [3.63, 3.8) is 0 Å². The maximum atomic E-state index is 12.6. The summed E-state index contributed by atoms with van der Waals surface area (Å²) in [7, 11) is -3.65. The lowest BCUT2D eigenvalue weighted by Crippen LogP contribution is -2.48. The van der Waals surface area contributed by atoms with E-state index in [0.717, 1.165) is 0 Å². The van der Waals surface area contributed by atoms with Crippen molar-refractivity contribution in [2.24, 2.45) is 5.73 Å². The van der Waals surface area contributed by atoms with Crippen LogP contribution in [-0.4, -0.2) is 45.1 Å². The van der Waals surface area contributed by atoms with Crippen LogP contribution in [0, 0.1) is 0 Å². The summed E-state index contributed by atoms with van der Waals surface area (Å²) in [6.07, 6.45) is -0.273. The average molecular weight is 370 g/mol. The quantitative estimate of drug-likeness (QED) is 0.875. The van der Waals surface area contributed by atoms with E-state index in [0.29, 0.717) is 17.6 Å². The second-order valence-electron chi connectivity index (χ2n) is 4.14. The smallest absolute Gasteiger partial charge is 0.245 e. The van der Waals surface area contributed by atoms with Crippen LogP contribution < -0.4 is 5.73 Å². The molecule has 19 heavy (non-hydrogen) atoms. The van der Waals surface area contributed by atoms with E-state index in [2.05, 4.69) is 15.9 Å². The number of benzene rings is 1. The number of sulfonamides is 1. The van der Waals surface area contributed by atoms with Gasteiger partial charge in [-0.25, -0.2) is 8.42 Å². The molecule has 0 radical (unpaired) electrons. The van der Waals surface area contributed by atoms with Gasteiger partial charge in [0.2, 0.25) is 10.0 Å². The zero-order valence-electron chi connectivity index (χ0n) is 10.1. The monoisotopic (exact) mass is 368 g/mol. The molecule has 1 aromatic carbocycles. The molecule has 106 valence electrons. The van der Waals surface area contributed by atoms with Crippen molar-refractivity contribution in [1.29, 1.82) is 0 Å². The molecule has 1 unspecified atom stereocenters. The van der Waals surface area contributed by atoms with Gasteiger partial charge >= 0.3 is 0 Å². The Balaban J connectivity index is 2.37. The topological polar surface area (TPSA) is 72.6 Å². The summed E-state index contributed by atoms with van der Waals surface area (Å²) in [5.41, 5.74) is 5.53. The average Bonchev–Trinajstić information content (AvgIpc) is 2.38. The first-order chi connectivity index (χ1) is 8.96. The number of ether oxygens (including phenoxy) is 1. The largest absolute Gasteiger partial charge is 0.374 e. The summed E-state index contributed by atoms with van der Waals surface area (Å²) >= 11 is 9.25. The SMILES string of the molecule is NCC1CN(S(=O)(=O)c2c(Cl)cccc2Br)CCO1. The Morgan fingerprint density at radius 1 is 1.53 bits per heavy atom. The number of hydrogen-bond acceptors (Lipinski definition) is 4. The second-order valence-corrected chi connectivity index (χ2v) is 7.28. The summed E-state index contributed by atoms with van der Waals surface area (Å²) in [5.74, 6) is 0. The number of rotatable bonds is 3. The van der Waals surface area contributed by atoms with Crippen LogP contribution in [0.3, 0.4) is 0 Å². The third-order valence-corrected chi connectivity index (χ3v) is 6.20. The minimum atomic E-state index is -3.65. The van der Waals surface area contributed by atoms with Gasteiger partial charge in [-0.1, -0.05) is 17.7 Å². The van der Waals surface area contributed by atoms with Crippen LogP contribution in [0.2, 0.25) is 5.02 Å². The summed E-state index contributed by atoms with van der Waals surface area (Å²) in [6, 6.07) is 4.90. The fourth-order valence-electron chi connectivity index (χ4n) is 1.91. The third kappa shape index (κ3) is 3.12. The number of nitrogens with two attached hydrogens (primary N) is 1. The van der Waals surface area contributed by atoms with E-state index < -0.39 is 10.0 Å². The number of hydrogen-bond donors (Lipinski definition) is 1. The Labute approximate surface area is 125 Å². The minimum absolute atomic E-state index is 0.0920. The highest BCUT2D eigenvalue weighted by atomic mass is 79.9. The lowest BCUT2D eigenvalue weighted by molar-refractivity contribution is 0.00449. The summed E-state index contributed by atoms with van der Waals surface area (Å²) in [6.45, 7) is 1.17. The predicted molar refractivity (Wildman–Crippen MR) is 76.7 cm³/mol. The molecular formula is C11H14BrClN2O3S. The molecule has 0 spiro atoms. The van der Waals surface area contributed by atoms with Gasteiger partial charge in [-0.3, -0.25) is 0 Å². The van der Waals surface area contributed by atoms with E-state index >= 15 is 0 Å². The van der Waals surface area contributed by atoms with Crippen molar-refractivity contribution in [2.45, 2.75) is 11.0 Å². The van der Waals surface area contributed by atoms with Gasteiger partial charge in [-0.15, -0.1) is 0 Å². The van der Waals surface area contributed by atoms with Crippen molar-refractivity contribution in [3.8, 4) is 0 Å². The van der Waals surface area contributed by atoms with Gasteiger partial charge in [-0.2, -0.15) is 4.31 Å². The lowest BCUT2D eigenvalue weighted by Gasteiger charge is -2.31. The molecule has 0 bridgehead atoms. The predicted octanol–water partition coefficient (Wildman–Crippen LogP) is 1.45. The maximum absolute atomic E-state index is 12.6. The maximum Gasteiger partial charge on any atom is 0.245 e. The van der Waals surface area contributed by atoms with Crippen molar-refractivity contribution >= 4 is 37.6 Å². The van der Waals surface area contributed by atoms with Crippen LogP contribution in [0.1, 0.15) is 0 Å². The second kappa shape index (κ2) is 6.07. The highest BCUT2D eigenvalue weighted by Gasteiger charge is 2.32. The van der Waals surface area contributed by atoms with Crippen LogP contribution in [0.15, 0.2) is 27.6 Å². The van der Waals surface area contributed by atoms with Crippen LogP contribution in [0.4, 0.5) is 0 Å². The summed E-state index contributed by atoms with van der Waals surface area (Å²) in [5, 5.41) is 0.199. The highest BCUT2D eigenvalue weighted by molar-refractivity contribution is 9.10. The molecule has 1 aliphatic heterocycles. The fraction of sp³-hybridized carbons (Fsp3) is 0.455. The van der Waals surface area contributed by atoms with E-state index in [1.165, 1.54) is 4.31 Å². The molecule has 0 saturated carbocycles. The molecule has 1 aliphatic rings. The van der Waals surface area contributed by atoms with Gasteiger partial charge < -0.3 is 10.5 Å². The number of morpholine rings is 1. The van der Waals surface area contributed by atoms with Gasteiger partial charge in [-0.05, 0) is 28.1 Å². The summed E-state index contributed by atoms with van der Waals surface area (Å²) in [4.78, 5) is 0.0920. The number of halogens is 2. The Bertz CT molecular complexity index is 547. The highest BCUT2D eigenvalue weighted by Crippen LogP contribution is 2.32. The molecule has 0 aromatic heterocycles. The molecule has 0 aliphatic carbocycles. The molecule has 1 saturated heterocycles. The van der Waals surface area contributed by atoms with Crippen LogP contribution in [0.25, 0.3) is 0 Å². The number of nitrogens with zero attached hydrogens (tertiary/aromatic N) is 1. The van der Waals surface area contributed by atoms with E-state index in [1.54, 1.807) is 18.2 Å². The molecule has 8 heteroatoms. The molecule has 1 atom stereocenters. The fourth-order valence-corrected chi connectivity index (χ4v) is 5.04. The Hall–Kier alpha value is -0.180.